The predicted molar refractivity (Wildman–Crippen MR) is 67.8 cm³/mol. The van der Waals surface area contributed by atoms with Gasteiger partial charge in [0.05, 0.1) is 25.2 Å². The Morgan fingerprint density at radius 3 is 2.78 bits per heavy atom. The first-order valence-electron chi connectivity index (χ1n) is 6.18. The Kier molecular flexibility index (Phi) is 3.13. The molecular weight excluding hydrogens is 254 g/mol. The molecule has 1 aliphatic carbocycles. The van der Waals surface area contributed by atoms with Crippen LogP contribution in [0.2, 0.25) is 5.15 Å². The van der Waals surface area contributed by atoms with Crippen LogP contribution in [0.15, 0.2) is 6.07 Å². The molecule has 5 nitrogen and oxygen atoms in total. The Labute approximate surface area is 111 Å². The van der Waals surface area contributed by atoms with Crippen LogP contribution in [0.25, 0.3) is 0 Å². The van der Waals surface area contributed by atoms with Crippen LogP contribution in [-0.4, -0.2) is 41.4 Å². The summed E-state index contributed by atoms with van der Waals surface area (Å²) in [7, 11) is 0. The molecule has 1 saturated heterocycles. The number of nitrogens with zero attached hydrogens (tertiary/aromatic N) is 2. The van der Waals surface area contributed by atoms with E-state index in [1.54, 1.807) is 6.07 Å². The van der Waals surface area contributed by atoms with E-state index in [1.807, 2.05) is 0 Å². The van der Waals surface area contributed by atoms with Gasteiger partial charge in [-0.3, -0.25) is 0 Å². The van der Waals surface area contributed by atoms with E-state index in [-0.39, 0.29) is 12.0 Å². The fraction of sp³-hybridized carbons (Fsp3) is 0.667. The Morgan fingerprint density at radius 1 is 1.44 bits per heavy atom. The quantitative estimate of drug-likeness (QED) is 0.792. The number of aliphatic hydroxyl groups excluding tert-OH is 1. The van der Waals surface area contributed by atoms with Gasteiger partial charge in [-0.1, -0.05) is 11.6 Å². The molecule has 1 aliphatic heterocycles. The Morgan fingerprint density at radius 2 is 2.22 bits per heavy atom. The normalized spacial score (nSPS) is 21.4. The van der Waals surface area contributed by atoms with E-state index in [9.17, 15) is 5.11 Å². The maximum absolute atomic E-state index is 9.34. The van der Waals surface area contributed by atoms with Gasteiger partial charge in [0.1, 0.15) is 16.8 Å². The zero-order valence-corrected chi connectivity index (χ0v) is 10.8. The summed E-state index contributed by atoms with van der Waals surface area (Å²) in [5.74, 6) is 2.03. The predicted octanol–water partition coefficient (Wildman–Crippen LogP) is 1.43. The molecule has 0 unspecified atom stereocenters. The molecule has 0 atom stereocenters. The summed E-state index contributed by atoms with van der Waals surface area (Å²) >= 11 is 5.99. The summed E-state index contributed by atoms with van der Waals surface area (Å²) in [6, 6.07) is 1.72. The van der Waals surface area contributed by atoms with Gasteiger partial charge in [0.15, 0.2) is 0 Å². The van der Waals surface area contributed by atoms with Crippen molar-refractivity contribution in [3.05, 3.63) is 17.0 Å². The molecule has 1 aromatic heterocycles. The van der Waals surface area contributed by atoms with Crippen molar-refractivity contribution in [1.29, 1.82) is 0 Å². The first-order chi connectivity index (χ1) is 8.71. The van der Waals surface area contributed by atoms with Gasteiger partial charge in [-0.25, -0.2) is 9.97 Å². The highest BCUT2D eigenvalue weighted by molar-refractivity contribution is 6.29. The highest BCUT2D eigenvalue weighted by Gasteiger charge is 2.38. The number of aliphatic hydroxyl groups is 1. The standard InChI is InChI=1S/C12H16ClN3O2/c13-9-3-10(16-11(15-9)8-1-2-8)14-4-12(5-17)6-18-7-12/h3,8,17H,1-2,4-7H2,(H,14,15,16). The Bertz CT molecular complexity index is 441. The lowest BCUT2D eigenvalue weighted by atomic mass is 9.87. The number of hydrogen-bond donors (Lipinski definition) is 2. The van der Waals surface area contributed by atoms with Crippen LogP contribution in [0.5, 0.6) is 0 Å². The van der Waals surface area contributed by atoms with Gasteiger partial charge in [0, 0.05) is 18.5 Å². The number of anilines is 1. The smallest absolute Gasteiger partial charge is 0.135 e. The van der Waals surface area contributed by atoms with Crippen LogP contribution in [0.3, 0.4) is 0 Å². The van der Waals surface area contributed by atoms with E-state index in [4.69, 9.17) is 16.3 Å². The molecule has 2 aliphatic rings. The average Bonchev–Trinajstić information content (AvgIpc) is 3.11. The molecular formula is C12H16ClN3O2. The minimum atomic E-state index is -0.169. The molecule has 2 fully saturated rings. The molecule has 2 heterocycles. The van der Waals surface area contributed by atoms with E-state index >= 15 is 0 Å². The summed E-state index contributed by atoms with van der Waals surface area (Å²) in [6.07, 6.45) is 2.29. The lowest BCUT2D eigenvalue weighted by Gasteiger charge is -2.39. The summed E-state index contributed by atoms with van der Waals surface area (Å²) < 4.78 is 5.15. The van der Waals surface area contributed by atoms with Crippen LogP contribution in [0.1, 0.15) is 24.6 Å². The molecule has 0 radical (unpaired) electrons. The molecule has 98 valence electrons. The zero-order chi connectivity index (χ0) is 12.6. The summed E-state index contributed by atoms with van der Waals surface area (Å²) in [6.45, 7) is 1.94. The highest BCUT2D eigenvalue weighted by Crippen LogP contribution is 2.38. The third-order valence-corrected chi connectivity index (χ3v) is 3.64. The fourth-order valence-electron chi connectivity index (χ4n) is 1.97. The molecule has 3 rings (SSSR count). The number of halogens is 1. The van der Waals surface area contributed by atoms with Crippen molar-refractivity contribution in [3.8, 4) is 0 Å². The van der Waals surface area contributed by atoms with Crippen molar-refractivity contribution in [2.45, 2.75) is 18.8 Å². The molecule has 0 spiro atoms. The van der Waals surface area contributed by atoms with Gasteiger partial charge in [0.2, 0.25) is 0 Å². The number of aromatic nitrogens is 2. The van der Waals surface area contributed by atoms with Gasteiger partial charge in [0.25, 0.3) is 0 Å². The van der Waals surface area contributed by atoms with Crippen LogP contribution >= 0.6 is 11.6 Å². The molecule has 1 aromatic rings. The largest absolute Gasteiger partial charge is 0.396 e. The molecule has 18 heavy (non-hydrogen) atoms. The minimum absolute atomic E-state index is 0.119. The fourth-order valence-corrected chi connectivity index (χ4v) is 2.16. The molecule has 2 N–H and O–H groups in total. The van der Waals surface area contributed by atoms with Crippen LogP contribution in [0, 0.1) is 5.41 Å². The summed E-state index contributed by atoms with van der Waals surface area (Å²) in [5.41, 5.74) is -0.169. The molecule has 0 amide bonds. The number of hydrogen-bond acceptors (Lipinski definition) is 5. The first-order valence-corrected chi connectivity index (χ1v) is 6.56. The van der Waals surface area contributed by atoms with Crippen LogP contribution in [-0.2, 0) is 4.74 Å². The van der Waals surface area contributed by atoms with Crippen molar-refractivity contribution in [2.24, 2.45) is 5.41 Å². The van der Waals surface area contributed by atoms with Gasteiger partial charge in [-0.15, -0.1) is 0 Å². The highest BCUT2D eigenvalue weighted by atomic mass is 35.5. The monoisotopic (exact) mass is 269 g/mol. The van der Waals surface area contributed by atoms with Crippen molar-refractivity contribution >= 4 is 17.4 Å². The van der Waals surface area contributed by atoms with E-state index < -0.39 is 0 Å². The van der Waals surface area contributed by atoms with Crippen molar-refractivity contribution in [1.82, 2.24) is 9.97 Å². The topological polar surface area (TPSA) is 67.3 Å². The molecule has 0 bridgehead atoms. The molecule has 1 saturated carbocycles. The van der Waals surface area contributed by atoms with E-state index in [0.717, 1.165) is 24.5 Å². The van der Waals surface area contributed by atoms with Gasteiger partial charge in [-0.2, -0.15) is 0 Å². The van der Waals surface area contributed by atoms with Crippen molar-refractivity contribution in [3.63, 3.8) is 0 Å². The van der Waals surface area contributed by atoms with E-state index in [2.05, 4.69) is 15.3 Å². The third kappa shape index (κ3) is 2.43. The van der Waals surface area contributed by atoms with Crippen molar-refractivity contribution in [2.75, 3.05) is 31.7 Å². The maximum atomic E-state index is 9.34. The Balaban J connectivity index is 1.68. The second kappa shape index (κ2) is 4.64. The molecule has 6 heteroatoms. The lowest BCUT2D eigenvalue weighted by Crippen LogP contribution is -2.50. The second-order valence-corrected chi connectivity index (χ2v) is 5.60. The van der Waals surface area contributed by atoms with Gasteiger partial charge >= 0.3 is 0 Å². The van der Waals surface area contributed by atoms with Gasteiger partial charge < -0.3 is 15.2 Å². The SMILES string of the molecule is OCC1(CNc2cc(Cl)nc(C3CC3)n2)COC1. The van der Waals surface area contributed by atoms with Crippen LogP contribution in [0.4, 0.5) is 5.82 Å². The maximum Gasteiger partial charge on any atom is 0.135 e. The van der Waals surface area contributed by atoms with E-state index in [1.165, 1.54) is 0 Å². The van der Waals surface area contributed by atoms with Crippen LogP contribution < -0.4 is 5.32 Å². The minimum Gasteiger partial charge on any atom is -0.396 e. The zero-order valence-electron chi connectivity index (χ0n) is 10.0. The lowest BCUT2D eigenvalue weighted by molar-refractivity contribution is -0.128. The number of ether oxygens (including phenoxy) is 1. The second-order valence-electron chi connectivity index (χ2n) is 5.21. The Hall–Kier alpha value is -0.910. The molecule has 0 aromatic carbocycles. The number of rotatable bonds is 5. The van der Waals surface area contributed by atoms with Gasteiger partial charge in [-0.05, 0) is 12.8 Å². The number of nitrogens with one attached hydrogen (secondary N) is 1. The summed E-state index contributed by atoms with van der Waals surface area (Å²) in [4.78, 5) is 8.70. The van der Waals surface area contributed by atoms with Crippen molar-refractivity contribution < 1.29 is 9.84 Å². The third-order valence-electron chi connectivity index (χ3n) is 3.45. The first kappa shape index (κ1) is 12.1. The van der Waals surface area contributed by atoms with E-state index in [0.29, 0.717) is 30.8 Å². The average molecular weight is 270 g/mol. The summed E-state index contributed by atoms with van der Waals surface area (Å²) in [5, 5.41) is 13.0.